The largest absolute Gasteiger partial charge is 0.368 e. The van der Waals surface area contributed by atoms with Gasteiger partial charge in [0.15, 0.2) is 5.78 Å². The van der Waals surface area contributed by atoms with Crippen LogP contribution in [-0.4, -0.2) is 30.0 Å². The Morgan fingerprint density at radius 2 is 2.24 bits per heavy atom. The van der Waals surface area contributed by atoms with Crippen LogP contribution >= 0.6 is 11.8 Å². The van der Waals surface area contributed by atoms with Crippen molar-refractivity contribution in [3.63, 3.8) is 0 Å². The van der Waals surface area contributed by atoms with Gasteiger partial charge in [-0.15, -0.1) is 0 Å². The van der Waals surface area contributed by atoms with Crippen LogP contribution in [-0.2, 0) is 4.74 Å². The van der Waals surface area contributed by atoms with E-state index in [2.05, 4.69) is 0 Å². The number of carbonyl (C=O) groups excluding carboxylic acids is 1. The molecule has 0 radical (unpaired) electrons. The standard InChI is InChI=1S/C13H15FO2S/c1-8-5-9(2)12(10(14)6-8)13(15)11-7-17-4-3-16-11/h5-6,11H,3-4,7H2,1-2H3. The Hall–Kier alpha value is -0.870. The molecular weight excluding hydrogens is 239 g/mol. The van der Waals surface area contributed by atoms with Crippen molar-refractivity contribution in [2.75, 3.05) is 18.1 Å². The summed E-state index contributed by atoms with van der Waals surface area (Å²) in [6, 6.07) is 3.22. The molecule has 1 fully saturated rings. The number of ether oxygens (including phenoxy) is 1. The van der Waals surface area contributed by atoms with Gasteiger partial charge >= 0.3 is 0 Å². The molecule has 0 bridgehead atoms. The number of ketones is 1. The zero-order valence-corrected chi connectivity index (χ0v) is 10.8. The summed E-state index contributed by atoms with van der Waals surface area (Å²) in [6.07, 6.45) is -0.496. The van der Waals surface area contributed by atoms with Gasteiger partial charge in [0.2, 0.25) is 0 Å². The predicted molar refractivity (Wildman–Crippen MR) is 67.3 cm³/mol. The quantitative estimate of drug-likeness (QED) is 0.759. The molecule has 2 rings (SSSR count). The zero-order valence-electron chi connectivity index (χ0n) is 9.96. The summed E-state index contributed by atoms with van der Waals surface area (Å²) in [5.74, 6) is 0.851. The Labute approximate surface area is 105 Å². The molecule has 0 amide bonds. The van der Waals surface area contributed by atoms with Gasteiger partial charge in [-0.3, -0.25) is 4.79 Å². The Bertz CT molecular complexity index is 416. The molecular formula is C13H15FO2S. The Kier molecular flexibility index (Phi) is 3.84. The maximum Gasteiger partial charge on any atom is 0.195 e. The summed E-state index contributed by atoms with van der Waals surface area (Å²) >= 11 is 1.67. The second-order valence-electron chi connectivity index (χ2n) is 4.24. The van der Waals surface area contributed by atoms with E-state index in [4.69, 9.17) is 4.74 Å². The van der Waals surface area contributed by atoms with Crippen molar-refractivity contribution in [1.29, 1.82) is 0 Å². The first-order chi connectivity index (χ1) is 8.09. The van der Waals surface area contributed by atoms with E-state index < -0.39 is 11.9 Å². The Morgan fingerprint density at radius 3 is 2.82 bits per heavy atom. The lowest BCUT2D eigenvalue weighted by molar-refractivity contribution is 0.0514. The van der Waals surface area contributed by atoms with Gasteiger partial charge < -0.3 is 4.74 Å². The average Bonchev–Trinajstić information content (AvgIpc) is 2.28. The minimum Gasteiger partial charge on any atom is -0.368 e. The first-order valence-electron chi connectivity index (χ1n) is 5.60. The molecule has 92 valence electrons. The van der Waals surface area contributed by atoms with E-state index in [1.807, 2.05) is 13.0 Å². The zero-order chi connectivity index (χ0) is 12.4. The molecule has 17 heavy (non-hydrogen) atoms. The van der Waals surface area contributed by atoms with Crippen LogP contribution in [0.5, 0.6) is 0 Å². The van der Waals surface area contributed by atoms with E-state index in [-0.39, 0.29) is 11.3 Å². The van der Waals surface area contributed by atoms with Crippen LogP contribution in [0, 0.1) is 19.7 Å². The van der Waals surface area contributed by atoms with Crippen molar-refractivity contribution in [3.8, 4) is 0 Å². The first kappa shape index (κ1) is 12.6. The lowest BCUT2D eigenvalue weighted by atomic mass is 9.99. The molecule has 2 nitrogen and oxygen atoms in total. The van der Waals surface area contributed by atoms with Gasteiger partial charge in [0.25, 0.3) is 0 Å². The van der Waals surface area contributed by atoms with Crippen molar-refractivity contribution >= 4 is 17.5 Å². The smallest absolute Gasteiger partial charge is 0.195 e. The van der Waals surface area contributed by atoms with Crippen LogP contribution in [0.25, 0.3) is 0 Å². The summed E-state index contributed by atoms with van der Waals surface area (Å²) in [4.78, 5) is 12.2. The number of Topliss-reactive ketones (excluding diaryl/α,β-unsaturated/α-hetero) is 1. The van der Waals surface area contributed by atoms with Crippen LogP contribution in [0.3, 0.4) is 0 Å². The first-order valence-corrected chi connectivity index (χ1v) is 6.75. The minimum atomic E-state index is -0.496. The second kappa shape index (κ2) is 5.19. The van der Waals surface area contributed by atoms with Gasteiger partial charge in [-0.25, -0.2) is 4.39 Å². The summed E-state index contributed by atoms with van der Waals surface area (Å²) in [5, 5.41) is 0. The summed E-state index contributed by atoms with van der Waals surface area (Å²) in [7, 11) is 0. The fraction of sp³-hybridized carbons (Fsp3) is 0.462. The van der Waals surface area contributed by atoms with Gasteiger partial charge in [-0.05, 0) is 31.0 Å². The van der Waals surface area contributed by atoms with Gasteiger partial charge in [-0.1, -0.05) is 6.07 Å². The summed E-state index contributed by atoms with van der Waals surface area (Å²) in [6.45, 7) is 4.14. The molecule has 0 aliphatic carbocycles. The summed E-state index contributed by atoms with van der Waals surface area (Å²) < 4.78 is 19.2. The fourth-order valence-corrected chi connectivity index (χ4v) is 2.87. The van der Waals surface area contributed by atoms with Crippen LogP contribution < -0.4 is 0 Å². The topological polar surface area (TPSA) is 26.3 Å². The number of aryl methyl sites for hydroxylation is 2. The lowest BCUT2D eigenvalue weighted by Crippen LogP contribution is -2.32. The fourth-order valence-electron chi connectivity index (χ4n) is 2.03. The molecule has 1 aromatic carbocycles. The third-order valence-electron chi connectivity index (χ3n) is 2.79. The molecule has 1 aliphatic rings. The highest BCUT2D eigenvalue weighted by Crippen LogP contribution is 2.22. The van der Waals surface area contributed by atoms with E-state index >= 15 is 0 Å². The molecule has 0 N–H and O–H groups in total. The lowest BCUT2D eigenvalue weighted by Gasteiger charge is -2.22. The van der Waals surface area contributed by atoms with Crippen LogP contribution in [0.1, 0.15) is 21.5 Å². The van der Waals surface area contributed by atoms with Crippen molar-refractivity contribution in [1.82, 2.24) is 0 Å². The van der Waals surface area contributed by atoms with E-state index in [0.29, 0.717) is 17.9 Å². The van der Waals surface area contributed by atoms with Gasteiger partial charge in [-0.2, -0.15) is 11.8 Å². The minimum absolute atomic E-state index is 0.183. The maximum absolute atomic E-state index is 13.8. The third kappa shape index (κ3) is 2.69. The molecule has 1 aliphatic heterocycles. The van der Waals surface area contributed by atoms with Crippen LogP contribution in [0.4, 0.5) is 4.39 Å². The molecule has 1 saturated heterocycles. The van der Waals surface area contributed by atoms with Crippen LogP contribution in [0.2, 0.25) is 0 Å². The highest BCUT2D eigenvalue weighted by atomic mass is 32.2. The van der Waals surface area contributed by atoms with E-state index in [1.165, 1.54) is 6.07 Å². The molecule has 4 heteroatoms. The normalized spacial score (nSPS) is 20.3. The molecule has 1 atom stereocenters. The number of hydrogen-bond donors (Lipinski definition) is 0. The molecule has 0 spiro atoms. The highest BCUT2D eigenvalue weighted by molar-refractivity contribution is 7.99. The molecule has 0 aromatic heterocycles. The number of halogens is 1. The van der Waals surface area contributed by atoms with E-state index in [0.717, 1.165) is 11.3 Å². The number of thioether (sulfide) groups is 1. The van der Waals surface area contributed by atoms with Gasteiger partial charge in [0.05, 0.1) is 12.2 Å². The second-order valence-corrected chi connectivity index (χ2v) is 5.39. The predicted octanol–water partition coefficient (Wildman–Crippen LogP) is 2.76. The van der Waals surface area contributed by atoms with E-state index in [1.54, 1.807) is 18.7 Å². The Balaban J connectivity index is 2.30. The van der Waals surface area contributed by atoms with Crippen molar-refractivity contribution in [2.24, 2.45) is 0 Å². The van der Waals surface area contributed by atoms with Gasteiger partial charge in [0, 0.05) is 11.5 Å². The van der Waals surface area contributed by atoms with Crippen molar-refractivity contribution < 1.29 is 13.9 Å². The number of carbonyl (C=O) groups is 1. The number of benzene rings is 1. The SMILES string of the molecule is Cc1cc(C)c(C(=O)C2CSCCO2)c(F)c1. The highest BCUT2D eigenvalue weighted by Gasteiger charge is 2.27. The molecule has 1 unspecified atom stereocenters. The molecule has 1 aromatic rings. The average molecular weight is 254 g/mol. The number of hydrogen-bond acceptors (Lipinski definition) is 3. The number of rotatable bonds is 2. The van der Waals surface area contributed by atoms with Crippen molar-refractivity contribution in [3.05, 3.63) is 34.6 Å². The Morgan fingerprint density at radius 1 is 1.47 bits per heavy atom. The monoisotopic (exact) mass is 254 g/mol. The third-order valence-corrected chi connectivity index (χ3v) is 3.78. The molecule has 0 saturated carbocycles. The van der Waals surface area contributed by atoms with Crippen LogP contribution in [0.15, 0.2) is 12.1 Å². The van der Waals surface area contributed by atoms with Gasteiger partial charge in [0.1, 0.15) is 11.9 Å². The van der Waals surface area contributed by atoms with Crippen molar-refractivity contribution in [2.45, 2.75) is 20.0 Å². The maximum atomic E-state index is 13.8. The van der Waals surface area contributed by atoms with E-state index in [9.17, 15) is 9.18 Å². The summed E-state index contributed by atoms with van der Waals surface area (Å²) in [5.41, 5.74) is 1.70. The molecule has 1 heterocycles.